The third kappa shape index (κ3) is 13.3. The quantitative estimate of drug-likeness (QED) is 0.175. The average Bonchev–Trinajstić information content (AvgIpc) is 3.13. The minimum absolute atomic E-state index is 0.00885. The average molecular weight is 843 g/mol. The molecule has 4 aliphatic rings. The van der Waals surface area contributed by atoms with Crippen LogP contribution < -0.4 is 0 Å². The first kappa shape index (κ1) is 49.8. The first-order valence-electron chi connectivity index (χ1n) is 21.3. The van der Waals surface area contributed by atoms with Crippen molar-refractivity contribution in [1.82, 2.24) is 9.80 Å². The molecule has 0 aromatic rings. The van der Waals surface area contributed by atoms with Crippen molar-refractivity contribution in [2.45, 2.75) is 190 Å². The Morgan fingerprint density at radius 2 is 1.56 bits per heavy atom. The van der Waals surface area contributed by atoms with E-state index in [0.717, 1.165) is 12.7 Å². The lowest BCUT2D eigenvalue weighted by atomic mass is 9.82. The molecule has 0 bridgehead atoms. The number of esters is 1. The maximum Gasteiger partial charge on any atom is 0.308 e. The fourth-order valence-electron chi connectivity index (χ4n) is 9.10. The molecular weight excluding hydrogens is 768 g/mol. The number of carbonyl (C=O) groups excluding carboxylic acids is 2. The highest BCUT2D eigenvalue weighted by Gasteiger charge is 2.52. The third-order valence-electron chi connectivity index (χ3n) is 12.4. The van der Waals surface area contributed by atoms with Crippen LogP contribution in [0.15, 0.2) is 24.3 Å². The molecule has 0 aliphatic carbocycles. The van der Waals surface area contributed by atoms with E-state index in [4.69, 9.17) is 37.9 Å². The second kappa shape index (κ2) is 22.5. The monoisotopic (exact) mass is 843 g/mol. The van der Waals surface area contributed by atoms with Gasteiger partial charge in [0.15, 0.2) is 18.9 Å². The van der Waals surface area contributed by atoms with E-state index < -0.39 is 110 Å². The summed E-state index contributed by atoms with van der Waals surface area (Å²) in [6.07, 6.45) is -1.56. The van der Waals surface area contributed by atoms with Crippen LogP contribution in [0.1, 0.15) is 86.5 Å². The maximum atomic E-state index is 13.1. The fourth-order valence-corrected chi connectivity index (χ4v) is 9.10. The number of aliphatic hydroxyl groups is 4. The lowest BCUT2D eigenvalue weighted by molar-refractivity contribution is -0.344. The molecule has 0 radical (unpaired) electrons. The van der Waals surface area contributed by atoms with Crippen molar-refractivity contribution in [2.24, 2.45) is 11.8 Å². The summed E-state index contributed by atoms with van der Waals surface area (Å²) in [5.74, 6) is -1.47. The Morgan fingerprint density at radius 1 is 0.864 bits per heavy atom. The van der Waals surface area contributed by atoms with E-state index >= 15 is 0 Å². The predicted octanol–water partition coefficient (Wildman–Crippen LogP) is 2.33. The van der Waals surface area contributed by atoms with E-state index in [9.17, 15) is 30.0 Å². The van der Waals surface area contributed by atoms with E-state index in [0.29, 0.717) is 19.3 Å². The minimum atomic E-state index is -1.47. The molecule has 16 nitrogen and oxygen atoms in total. The van der Waals surface area contributed by atoms with Crippen molar-refractivity contribution >= 4 is 12.3 Å². The van der Waals surface area contributed by atoms with Gasteiger partial charge in [0.05, 0.1) is 54.7 Å². The number of hydrogen-bond acceptors (Lipinski definition) is 16. The normalized spacial score (nSPS) is 45.8. The number of methoxy groups -OCH3 is 1. The van der Waals surface area contributed by atoms with E-state index in [1.807, 2.05) is 52.2 Å². The molecule has 16 heteroatoms. The molecule has 4 N–H and O–H groups in total. The zero-order valence-electron chi connectivity index (χ0n) is 37.0. The predicted molar refractivity (Wildman–Crippen MR) is 217 cm³/mol. The van der Waals surface area contributed by atoms with Crippen molar-refractivity contribution < 1.29 is 67.9 Å². The topological polar surface area (TPSA) is 195 Å². The summed E-state index contributed by atoms with van der Waals surface area (Å²) in [4.78, 5) is 29.5. The number of cyclic esters (lactones) is 1. The summed E-state index contributed by atoms with van der Waals surface area (Å²) >= 11 is 0. The molecule has 340 valence electrons. The number of ether oxygens (including phenoxy) is 8. The van der Waals surface area contributed by atoms with Gasteiger partial charge in [-0.25, -0.2) is 0 Å². The van der Waals surface area contributed by atoms with Gasteiger partial charge >= 0.3 is 5.97 Å². The van der Waals surface area contributed by atoms with Crippen LogP contribution in [0.4, 0.5) is 0 Å². The fraction of sp³-hybridized carbons (Fsp3) is 0.860. The molecule has 4 heterocycles. The standard InChI is InChI=1S/C43H74N2O14/c1-24-21-29(19-20-46)39(59-42-37(49)36(45(9)10)38(27(4)56-42)58-35-23-43(6,51)41(50)28(5)55-35)40(52-11)31(47)22-33(48)53-25(2)15-13-12-14-16-32(24)57-34-18-17-30(44(7)8)26(3)54-34/h12-14,16,20,24-32,34-42,47,49-51H,15,17-19,21-23H2,1-11H3/b13-12+,16-14+/t24-,25-,26+,27-,28+,29+,30+,31-,32+,34+,35+,36-,37-,38-,39+,40+,41+,42+,43-/m1/s1. The van der Waals surface area contributed by atoms with Crippen LogP contribution in [0, 0.1) is 11.8 Å². The molecule has 3 saturated heterocycles. The van der Waals surface area contributed by atoms with Gasteiger partial charge in [-0.15, -0.1) is 0 Å². The highest BCUT2D eigenvalue weighted by molar-refractivity contribution is 5.70. The largest absolute Gasteiger partial charge is 0.462 e. The molecule has 0 aromatic carbocycles. The zero-order valence-corrected chi connectivity index (χ0v) is 37.0. The lowest BCUT2D eigenvalue weighted by Gasteiger charge is -2.50. The van der Waals surface area contributed by atoms with Crippen molar-refractivity contribution in [3.63, 3.8) is 0 Å². The molecule has 4 aliphatic heterocycles. The summed E-state index contributed by atoms with van der Waals surface area (Å²) in [6.45, 7) is 10.8. The third-order valence-corrected chi connectivity index (χ3v) is 12.4. The number of aldehydes is 1. The van der Waals surface area contributed by atoms with Crippen LogP contribution in [0.25, 0.3) is 0 Å². The molecule has 59 heavy (non-hydrogen) atoms. The number of likely N-dealkylation sites (N-methyl/N-ethyl adjacent to an activating group) is 2. The number of nitrogens with zero attached hydrogens (tertiary/aromatic N) is 2. The zero-order chi connectivity index (χ0) is 43.8. The molecule has 19 atom stereocenters. The summed E-state index contributed by atoms with van der Waals surface area (Å²) in [5, 5.41) is 45.1. The van der Waals surface area contributed by atoms with Crippen LogP contribution in [0.2, 0.25) is 0 Å². The maximum absolute atomic E-state index is 13.1. The number of rotatable bonds is 11. The van der Waals surface area contributed by atoms with Gasteiger partial charge in [0, 0.05) is 32.4 Å². The molecule has 0 unspecified atom stereocenters. The molecule has 4 rings (SSSR count). The number of allylic oxidation sites excluding steroid dienone is 2. The summed E-state index contributed by atoms with van der Waals surface area (Å²) in [6, 6.07) is -0.466. The number of carbonyl (C=O) groups is 2. The van der Waals surface area contributed by atoms with Gasteiger partial charge in [0.25, 0.3) is 0 Å². The highest BCUT2D eigenvalue weighted by atomic mass is 16.7. The highest BCUT2D eigenvalue weighted by Crippen LogP contribution is 2.37. The van der Waals surface area contributed by atoms with Crippen LogP contribution in [-0.4, -0.2) is 181 Å². The van der Waals surface area contributed by atoms with Gasteiger partial charge < -0.3 is 72.9 Å². The van der Waals surface area contributed by atoms with Crippen LogP contribution in [0.3, 0.4) is 0 Å². The van der Waals surface area contributed by atoms with E-state index in [1.54, 1.807) is 39.8 Å². The lowest BCUT2D eigenvalue weighted by Crippen LogP contribution is -2.65. The van der Waals surface area contributed by atoms with Crippen molar-refractivity contribution in [1.29, 1.82) is 0 Å². The SMILES string of the molecule is CO[C@@H]1[C@@H](O[C@@H]2O[C@H](C)[C@@H](O[C@H]3C[C@@](C)(O)[C@@H](O)[C@H](C)O3)[C@H](N(C)C)[C@H]2O)[C@@H](CC=O)C[C@@H](C)[C@@H](O[C@H]2CC[C@H](N(C)C)[C@H](C)O2)/C=C/C=C/C[C@@H](C)OC(=O)C[C@H]1O. The Balaban J connectivity index is 1.66. The summed E-state index contributed by atoms with van der Waals surface area (Å²) in [5.41, 5.74) is -1.47. The van der Waals surface area contributed by atoms with Gasteiger partial charge in [-0.1, -0.05) is 31.2 Å². The van der Waals surface area contributed by atoms with Crippen LogP contribution >= 0.6 is 0 Å². The second-order valence-electron chi connectivity index (χ2n) is 17.8. The van der Waals surface area contributed by atoms with Gasteiger partial charge in [-0.3, -0.25) is 4.79 Å². The van der Waals surface area contributed by atoms with Crippen molar-refractivity contribution in [2.75, 3.05) is 35.3 Å². The summed E-state index contributed by atoms with van der Waals surface area (Å²) < 4.78 is 50.0. The van der Waals surface area contributed by atoms with Gasteiger partial charge in [-0.2, -0.15) is 0 Å². The Bertz CT molecular complexity index is 1370. The molecule has 0 amide bonds. The van der Waals surface area contributed by atoms with E-state index in [-0.39, 0.29) is 30.9 Å². The van der Waals surface area contributed by atoms with Gasteiger partial charge in [0.2, 0.25) is 0 Å². The molecule has 3 fully saturated rings. The molecule has 0 saturated carbocycles. The molecule has 0 aromatic heterocycles. The Morgan fingerprint density at radius 3 is 2.17 bits per heavy atom. The van der Waals surface area contributed by atoms with Gasteiger partial charge in [0.1, 0.15) is 36.8 Å². The second-order valence-corrected chi connectivity index (χ2v) is 17.8. The van der Waals surface area contributed by atoms with Crippen LogP contribution in [0.5, 0.6) is 0 Å². The molecule has 0 spiro atoms. The summed E-state index contributed by atoms with van der Waals surface area (Å²) in [7, 11) is 9.03. The Kier molecular flexibility index (Phi) is 18.9. The number of hydrogen-bond donors (Lipinski definition) is 4. The van der Waals surface area contributed by atoms with E-state index in [1.165, 1.54) is 14.0 Å². The first-order chi connectivity index (χ1) is 27.8. The molecular formula is C43H74N2O14. The first-order valence-corrected chi connectivity index (χ1v) is 21.3. The minimum Gasteiger partial charge on any atom is -0.462 e. The van der Waals surface area contributed by atoms with Crippen molar-refractivity contribution in [3.8, 4) is 0 Å². The van der Waals surface area contributed by atoms with E-state index in [2.05, 4.69) is 4.90 Å². The van der Waals surface area contributed by atoms with Crippen molar-refractivity contribution in [3.05, 3.63) is 24.3 Å². The Labute approximate surface area is 351 Å². The smallest absolute Gasteiger partial charge is 0.308 e. The van der Waals surface area contributed by atoms with Crippen LogP contribution in [-0.2, 0) is 47.5 Å². The Hall–Kier alpha value is -1.90. The number of aliphatic hydroxyl groups excluding tert-OH is 3. The van der Waals surface area contributed by atoms with Gasteiger partial charge in [-0.05, 0) is 93.9 Å².